The Hall–Kier alpha value is 0.480. The minimum Gasteiger partial charge on any atom is -0.317 e. The Morgan fingerprint density at radius 2 is 1.67 bits per heavy atom. The Kier molecular flexibility index (Phi) is 7.22. The normalized spacial score (nSPS) is 12.0. The Bertz CT molecular complexity index is 105. The van der Waals surface area contributed by atoms with Crippen molar-refractivity contribution < 1.29 is 13.2 Å². The number of nitrogens with one attached hydrogen (secondary N) is 1. The predicted molar refractivity (Wildman–Crippen MR) is 51.7 cm³/mol. The van der Waals surface area contributed by atoms with Gasteiger partial charge in [-0.2, -0.15) is 13.2 Å². The molecule has 0 bridgehead atoms. The molecule has 5 heteroatoms. The van der Waals surface area contributed by atoms with Crippen molar-refractivity contribution in [2.75, 3.05) is 17.5 Å². The molecule has 1 nitrogen and oxygen atoms in total. The average Bonchev–Trinajstić information content (AvgIpc) is 1.94. The molecule has 0 heterocycles. The van der Waals surface area contributed by atoms with Crippen molar-refractivity contribution in [3.63, 3.8) is 0 Å². The first kappa shape index (κ1) is 12.5. The lowest BCUT2D eigenvalue weighted by atomic mass is 10.3. The summed E-state index contributed by atoms with van der Waals surface area (Å²) in [5.74, 6) is 0. The van der Waals surface area contributed by atoms with Gasteiger partial charge in [0.25, 0.3) is 0 Å². The second-order valence-corrected chi connectivity index (χ2v) is 3.59. The largest absolute Gasteiger partial charge is 0.389 e. The summed E-state index contributed by atoms with van der Waals surface area (Å²) in [5, 5.41) is 2.95. The molecule has 0 aliphatic carbocycles. The minimum absolute atomic E-state index is 0.185. The summed E-state index contributed by atoms with van der Waals surface area (Å²) in [5.41, 5.74) is 0. The summed E-state index contributed by atoms with van der Waals surface area (Å²) < 4.78 is 35.9. The molecule has 1 N–H and O–H groups in total. The summed E-state index contributed by atoms with van der Waals surface area (Å²) >= 11 is 2.24. The zero-order valence-corrected chi connectivity index (χ0v) is 8.91. The molecule has 0 aliphatic rings. The van der Waals surface area contributed by atoms with Gasteiger partial charge in [-0.25, -0.2) is 0 Å². The topological polar surface area (TPSA) is 12.0 Å². The Morgan fingerprint density at radius 1 is 1.08 bits per heavy atom. The van der Waals surface area contributed by atoms with Crippen molar-refractivity contribution in [2.24, 2.45) is 0 Å². The molecule has 0 aromatic rings. The van der Waals surface area contributed by atoms with E-state index in [1.807, 2.05) is 0 Å². The molecule has 0 unspecified atom stereocenters. The second kappa shape index (κ2) is 6.94. The van der Waals surface area contributed by atoms with Crippen molar-refractivity contribution in [3.05, 3.63) is 0 Å². The van der Waals surface area contributed by atoms with E-state index in [2.05, 4.69) is 27.9 Å². The molecule has 0 aliphatic heterocycles. The number of halogens is 4. The van der Waals surface area contributed by atoms with Gasteiger partial charge >= 0.3 is 6.18 Å². The van der Waals surface area contributed by atoms with Crippen LogP contribution in [-0.2, 0) is 0 Å². The molecule has 0 rings (SSSR count). The minimum atomic E-state index is -4.00. The van der Waals surface area contributed by atoms with Crippen molar-refractivity contribution in [3.8, 4) is 0 Å². The molecule has 0 saturated heterocycles. The van der Waals surface area contributed by atoms with Gasteiger partial charge in [0.2, 0.25) is 0 Å². The lowest BCUT2D eigenvalue weighted by Gasteiger charge is -2.06. The van der Waals surface area contributed by atoms with Crippen LogP contribution in [-0.4, -0.2) is 23.7 Å². The third-order valence-electron chi connectivity index (χ3n) is 1.30. The second-order valence-electron chi connectivity index (χ2n) is 2.51. The van der Waals surface area contributed by atoms with Crippen LogP contribution in [0, 0.1) is 0 Å². The van der Waals surface area contributed by atoms with Gasteiger partial charge in [0.15, 0.2) is 0 Å². The standard InChI is InChI=1S/C7H13F3IN/c8-7(9,10)3-1-5-12-6-2-4-11/h12H,1-6H2. The van der Waals surface area contributed by atoms with Crippen LogP contribution in [0.2, 0.25) is 0 Å². The fourth-order valence-electron chi connectivity index (χ4n) is 0.731. The van der Waals surface area contributed by atoms with Crippen molar-refractivity contribution in [1.82, 2.24) is 5.32 Å². The maximum atomic E-state index is 11.6. The van der Waals surface area contributed by atoms with Crippen molar-refractivity contribution in [1.29, 1.82) is 0 Å². The monoisotopic (exact) mass is 295 g/mol. The highest BCUT2D eigenvalue weighted by atomic mass is 127. The Labute approximate surface area is 84.2 Å². The molecule has 0 saturated carbocycles. The van der Waals surface area contributed by atoms with E-state index in [9.17, 15) is 13.2 Å². The molecule has 74 valence electrons. The smallest absolute Gasteiger partial charge is 0.317 e. The molecule has 0 aromatic heterocycles. The quantitative estimate of drug-likeness (QED) is 0.451. The lowest BCUT2D eigenvalue weighted by molar-refractivity contribution is -0.135. The van der Waals surface area contributed by atoms with Gasteiger partial charge < -0.3 is 5.32 Å². The number of alkyl halides is 4. The van der Waals surface area contributed by atoms with E-state index in [1.54, 1.807) is 0 Å². The van der Waals surface area contributed by atoms with Crippen LogP contribution in [0.1, 0.15) is 19.3 Å². The Balaban J connectivity index is 3.01. The van der Waals surface area contributed by atoms with Gasteiger partial charge in [0.05, 0.1) is 0 Å². The molecular weight excluding hydrogens is 282 g/mol. The third-order valence-corrected chi connectivity index (χ3v) is 2.06. The summed E-state index contributed by atoms with van der Waals surface area (Å²) in [6.45, 7) is 1.29. The highest BCUT2D eigenvalue weighted by Gasteiger charge is 2.25. The van der Waals surface area contributed by atoms with Gasteiger partial charge in [-0.1, -0.05) is 22.6 Å². The van der Waals surface area contributed by atoms with Crippen LogP contribution in [0.15, 0.2) is 0 Å². The maximum Gasteiger partial charge on any atom is 0.389 e. The highest BCUT2D eigenvalue weighted by Crippen LogP contribution is 2.20. The Morgan fingerprint density at radius 3 is 2.17 bits per heavy atom. The molecule has 0 amide bonds. The molecular formula is C7H13F3IN. The first-order valence-electron chi connectivity index (χ1n) is 3.89. The molecule has 0 radical (unpaired) electrons. The first-order chi connectivity index (χ1) is 5.56. The summed E-state index contributed by atoms with van der Waals surface area (Å²) in [6.07, 6.45) is -3.47. The molecule has 0 spiro atoms. The van der Waals surface area contributed by atoms with Crippen LogP contribution in [0.5, 0.6) is 0 Å². The lowest BCUT2D eigenvalue weighted by Crippen LogP contribution is -2.19. The van der Waals surface area contributed by atoms with E-state index < -0.39 is 12.6 Å². The van der Waals surface area contributed by atoms with E-state index in [0.717, 1.165) is 17.4 Å². The van der Waals surface area contributed by atoms with E-state index in [1.165, 1.54) is 0 Å². The molecule has 0 atom stereocenters. The van der Waals surface area contributed by atoms with Gasteiger partial charge in [-0.05, 0) is 25.9 Å². The molecule has 0 fully saturated rings. The first-order valence-corrected chi connectivity index (χ1v) is 5.42. The highest BCUT2D eigenvalue weighted by molar-refractivity contribution is 14.1. The number of hydrogen-bond donors (Lipinski definition) is 1. The molecule has 12 heavy (non-hydrogen) atoms. The summed E-state index contributed by atoms with van der Waals surface area (Å²) in [6, 6.07) is 0. The fourth-order valence-corrected chi connectivity index (χ4v) is 1.11. The fraction of sp³-hybridized carbons (Fsp3) is 1.00. The van der Waals surface area contributed by atoms with Crippen LogP contribution in [0.4, 0.5) is 13.2 Å². The van der Waals surface area contributed by atoms with Crippen molar-refractivity contribution in [2.45, 2.75) is 25.4 Å². The zero-order valence-electron chi connectivity index (χ0n) is 6.75. The zero-order chi connectivity index (χ0) is 9.45. The summed E-state index contributed by atoms with van der Waals surface area (Å²) in [4.78, 5) is 0. The van der Waals surface area contributed by atoms with Crippen LogP contribution in [0.3, 0.4) is 0 Å². The molecule has 0 aromatic carbocycles. The SMILES string of the molecule is FC(F)(F)CCCNCCCI. The number of rotatable bonds is 6. The average molecular weight is 295 g/mol. The van der Waals surface area contributed by atoms with Crippen molar-refractivity contribution >= 4 is 22.6 Å². The van der Waals surface area contributed by atoms with Crippen LogP contribution in [0.25, 0.3) is 0 Å². The van der Waals surface area contributed by atoms with Gasteiger partial charge in [-0.3, -0.25) is 0 Å². The maximum absolute atomic E-state index is 11.6. The van der Waals surface area contributed by atoms with E-state index in [-0.39, 0.29) is 6.42 Å². The third kappa shape index (κ3) is 10.5. The predicted octanol–water partition coefficient (Wildman–Crippen LogP) is 2.74. The van der Waals surface area contributed by atoms with Crippen LogP contribution >= 0.6 is 22.6 Å². The van der Waals surface area contributed by atoms with Gasteiger partial charge in [0, 0.05) is 10.8 Å². The van der Waals surface area contributed by atoms with E-state index >= 15 is 0 Å². The summed E-state index contributed by atoms with van der Waals surface area (Å²) in [7, 11) is 0. The van der Waals surface area contributed by atoms with Gasteiger partial charge in [0.1, 0.15) is 0 Å². The van der Waals surface area contributed by atoms with Crippen LogP contribution < -0.4 is 5.32 Å². The van der Waals surface area contributed by atoms with E-state index in [0.29, 0.717) is 6.54 Å². The van der Waals surface area contributed by atoms with E-state index in [4.69, 9.17) is 0 Å². The van der Waals surface area contributed by atoms with Gasteiger partial charge in [-0.15, -0.1) is 0 Å². The number of hydrogen-bond acceptors (Lipinski definition) is 1.